The van der Waals surface area contributed by atoms with Crippen molar-refractivity contribution in [3.05, 3.63) is 53.6 Å². The predicted octanol–water partition coefficient (Wildman–Crippen LogP) is 4.29. The van der Waals surface area contributed by atoms with Gasteiger partial charge in [0.05, 0.1) is 12.8 Å². The summed E-state index contributed by atoms with van der Waals surface area (Å²) in [6.07, 6.45) is 0.106. The van der Waals surface area contributed by atoms with Crippen LogP contribution in [-0.4, -0.2) is 40.8 Å². The summed E-state index contributed by atoms with van der Waals surface area (Å²) in [4.78, 5) is 31.5. The summed E-state index contributed by atoms with van der Waals surface area (Å²) in [5.74, 6) is 0.488. The van der Waals surface area contributed by atoms with Crippen molar-refractivity contribution in [1.29, 1.82) is 0 Å². The van der Waals surface area contributed by atoms with Crippen LogP contribution >= 0.6 is 11.8 Å². The molecule has 1 aliphatic rings. The third-order valence-corrected chi connectivity index (χ3v) is 5.84. The standard InChI is InChI=1S/C22H25N3O3S/c1-5-25-21(27)19(13-20(26)24-18-11-6-14(2)12-15(18)3)29-22(25)23-16-7-9-17(28-4)10-8-16/h6-12,19H,5,13H2,1-4H3,(H,24,26)/t19-/m0/s1. The van der Waals surface area contributed by atoms with Gasteiger partial charge in [0.25, 0.3) is 0 Å². The quantitative estimate of drug-likeness (QED) is 0.770. The van der Waals surface area contributed by atoms with E-state index >= 15 is 0 Å². The SMILES string of the molecule is CCN1C(=O)[C@H](CC(=O)Nc2ccc(C)cc2C)SC1=Nc1ccc(OC)cc1. The molecule has 29 heavy (non-hydrogen) atoms. The number of amides is 2. The molecule has 1 fully saturated rings. The van der Waals surface area contributed by atoms with E-state index in [0.29, 0.717) is 11.7 Å². The Bertz CT molecular complexity index is 941. The van der Waals surface area contributed by atoms with Crippen LogP contribution in [0.15, 0.2) is 47.5 Å². The number of hydrogen-bond acceptors (Lipinski definition) is 5. The van der Waals surface area contributed by atoms with E-state index in [-0.39, 0.29) is 18.2 Å². The Balaban J connectivity index is 1.70. The molecule has 2 amide bonds. The number of aliphatic imine (C=N–C) groups is 1. The zero-order chi connectivity index (χ0) is 21.0. The van der Waals surface area contributed by atoms with E-state index in [2.05, 4.69) is 10.3 Å². The third-order valence-electron chi connectivity index (χ3n) is 4.66. The lowest BCUT2D eigenvalue weighted by Crippen LogP contribution is -2.33. The lowest BCUT2D eigenvalue weighted by Gasteiger charge is -2.13. The lowest BCUT2D eigenvalue weighted by atomic mass is 10.1. The molecule has 1 atom stereocenters. The van der Waals surface area contributed by atoms with Crippen molar-refractivity contribution in [3.8, 4) is 5.75 Å². The minimum absolute atomic E-state index is 0.0828. The van der Waals surface area contributed by atoms with Crippen molar-refractivity contribution in [1.82, 2.24) is 4.90 Å². The maximum atomic E-state index is 12.8. The maximum absolute atomic E-state index is 12.8. The summed E-state index contributed by atoms with van der Waals surface area (Å²) < 4.78 is 5.16. The molecule has 1 saturated heterocycles. The summed E-state index contributed by atoms with van der Waals surface area (Å²) in [5.41, 5.74) is 3.65. The van der Waals surface area contributed by atoms with Gasteiger partial charge in [-0.2, -0.15) is 0 Å². The van der Waals surface area contributed by atoms with E-state index in [1.807, 2.05) is 63.2 Å². The minimum atomic E-state index is -0.474. The zero-order valence-electron chi connectivity index (χ0n) is 17.1. The number of carbonyl (C=O) groups excluding carboxylic acids is 2. The fourth-order valence-corrected chi connectivity index (χ4v) is 4.33. The van der Waals surface area contributed by atoms with E-state index < -0.39 is 5.25 Å². The average Bonchev–Trinajstić information content (AvgIpc) is 2.98. The van der Waals surface area contributed by atoms with Gasteiger partial charge >= 0.3 is 0 Å². The second-order valence-corrected chi connectivity index (χ2v) is 8.02. The highest BCUT2D eigenvalue weighted by Crippen LogP contribution is 2.32. The van der Waals surface area contributed by atoms with Gasteiger partial charge in [0.2, 0.25) is 11.8 Å². The highest BCUT2D eigenvalue weighted by molar-refractivity contribution is 8.15. The third kappa shape index (κ3) is 4.98. The number of nitrogens with one attached hydrogen (secondary N) is 1. The summed E-state index contributed by atoms with van der Waals surface area (Å²) >= 11 is 1.34. The highest BCUT2D eigenvalue weighted by atomic mass is 32.2. The number of thioether (sulfide) groups is 1. The Labute approximate surface area is 175 Å². The number of aryl methyl sites for hydroxylation is 2. The maximum Gasteiger partial charge on any atom is 0.242 e. The van der Waals surface area contributed by atoms with Crippen LogP contribution < -0.4 is 10.1 Å². The summed E-state index contributed by atoms with van der Waals surface area (Å²) in [5, 5.41) is 3.06. The van der Waals surface area contributed by atoms with E-state index in [1.165, 1.54) is 11.8 Å². The van der Waals surface area contributed by atoms with Gasteiger partial charge in [-0.25, -0.2) is 4.99 Å². The fraction of sp³-hybridized carbons (Fsp3) is 0.318. The Hall–Kier alpha value is -2.80. The topological polar surface area (TPSA) is 71.0 Å². The zero-order valence-corrected chi connectivity index (χ0v) is 17.9. The van der Waals surface area contributed by atoms with Crippen LogP contribution in [0.1, 0.15) is 24.5 Å². The molecule has 1 heterocycles. The van der Waals surface area contributed by atoms with E-state index in [9.17, 15) is 9.59 Å². The Kier molecular flexibility index (Phi) is 6.59. The summed E-state index contributed by atoms with van der Waals surface area (Å²) in [7, 11) is 1.61. The Morgan fingerprint density at radius 2 is 1.93 bits per heavy atom. The molecule has 0 radical (unpaired) electrons. The minimum Gasteiger partial charge on any atom is -0.497 e. The van der Waals surface area contributed by atoms with Crippen LogP contribution in [-0.2, 0) is 9.59 Å². The molecule has 3 rings (SSSR count). The van der Waals surface area contributed by atoms with Gasteiger partial charge in [-0.1, -0.05) is 29.5 Å². The van der Waals surface area contributed by atoms with Gasteiger partial charge in [-0.05, 0) is 56.7 Å². The number of hydrogen-bond donors (Lipinski definition) is 1. The van der Waals surface area contributed by atoms with Gasteiger partial charge < -0.3 is 10.1 Å². The first-order valence-corrected chi connectivity index (χ1v) is 10.4. The predicted molar refractivity (Wildman–Crippen MR) is 118 cm³/mol. The van der Waals surface area contributed by atoms with Gasteiger partial charge in [0.1, 0.15) is 11.0 Å². The average molecular weight is 412 g/mol. The van der Waals surface area contributed by atoms with E-state index in [1.54, 1.807) is 12.0 Å². The number of amidine groups is 1. The monoisotopic (exact) mass is 411 g/mol. The molecular weight excluding hydrogens is 386 g/mol. The molecule has 0 aliphatic carbocycles. The molecule has 0 spiro atoms. The first-order chi connectivity index (χ1) is 13.9. The van der Waals surface area contributed by atoms with Crippen LogP contribution in [0.4, 0.5) is 11.4 Å². The van der Waals surface area contributed by atoms with Gasteiger partial charge in [-0.3, -0.25) is 14.5 Å². The smallest absolute Gasteiger partial charge is 0.242 e. The molecule has 0 unspecified atom stereocenters. The largest absolute Gasteiger partial charge is 0.497 e. The first-order valence-electron chi connectivity index (χ1n) is 9.49. The van der Waals surface area contributed by atoms with Crippen LogP contribution in [0.2, 0.25) is 0 Å². The number of rotatable bonds is 6. The van der Waals surface area contributed by atoms with Crippen LogP contribution in [0, 0.1) is 13.8 Å². The van der Waals surface area contributed by atoms with E-state index in [0.717, 1.165) is 28.3 Å². The second kappa shape index (κ2) is 9.13. The molecule has 0 aromatic heterocycles. The van der Waals surface area contributed by atoms with Gasteiger partial charge in [0, 0.05) is 18.7 Å². The lowest BCUT2D eigenvalue weighted by molar-refractivity contribution is -0.128. The van der Waals surface area contributed by atoms with Crippen molar-refractivity contribution in [2.45, 2.75) is 32.4 Å². The molecule has 2 aromatic rings. The Morgan fingerprint density at radius 1 is 1.21 bits per heavy atom. The van der Waals surface area contributed by atoms with Crippen LogP contribution in [0.5, 0.6) is 5.75 Å². The summed E-state index contributed by atoms with van der Waals surface area (Å²) in [6, 6.07) is 13.2. The number of anilines is 1. The van der Waals surface area contributed by atoms with Crippen molar-refractivity contribution < 1.29 is 14.3 Å². The summed E-state index contributed by atoms with van der Waals surface area (Å²) in [6.45, 7) is 6.38. The van der Waals surface area contributed by atoms with Crippen LogP contribution in [0.25, 0.3) is 0 Å². The van der Waals surface area contributed by atoms with Crippen LogP contribution in [0.3, 0.4) is 0 Å². The molecule has 152 valence electrons. The molecule has 2 aromatic carbocycles. The second-order valence-electron chi connectivity index (χ2n) is 6.85. The normalized spacial score (nSPS) is 17.7. The van der Waals surface area contributed by atoms with Crippen molar-refractivity contribution in [2.75, 3.05) is 19.0 Å². The van der Waals surface area contributed by atoms with E-state index in [4.69, 9.17) is 4.74 Å². The van der Waals surface area contributed by atoms with Gasteiger partial charge in [-0.15, -0.1) is 0 Å². The van der Waals surface area contributed by atoms with Gasteiger partial charge in [0.15, 0.2) is 5.17 Å². The number of carbonyl (C=O) groups is 2. The molecular formula is C22H25N3O3S. The molecule has 0 bridgehead atoms. The number of nitrogens with zero attached hydrogens (tertiary/aromatic N) is 2. The molecule has 7 heteroatoms. The molecule has 6 nitrogen and oxygen atoms in total. The number of benzene rings is 2. The fourth-order valence-electron chi connectivity index (χ4n) is 3.11. The van der Waals surface area contributed by atoms with Crippen molar-refractivity contribution >= 4 is 40.1 Å². The number of methoxy groups -OCH3 is 1. The first kappa shape index (κ1) is 20.9. The Morgan fingerprint density at radius 3 is 2.55 bits per heavy atom. The highest BCUT2D eigenvalue weighted by Gasteiger charge is 2.38. The molecule has 1 N–H and O–H groups in total. The van der Waals surface area contributed by atoms with Crippen molar-refractivity contribution in [3.63, 3.8) is 0 Å². The molecule has 1 aliphatic heterocycles. The number of ether oxygens (including phenoxy) is 1. The van der Waals surface area contributed by atoms with Crippen molar-refractivity contribution in [2.24, 2.45) is 4.99 Å². The molecule has 0 saturated carbocycles.